The van der Waals surface area contributed by atoms with E-state index in [1.165, 1.54) is 5.57 Å². The van der Waals surface area contributed by atoms with Gasteiger partial charge in [0.2, 0.25) is 5.91 Å². The van der Waals surface area contributed by atoms with Crippen molar-refractivity contribution in [3.8, 4) is 11.5 Å². The predicted molar refractivity (Wildman–Crippen MR) is 109 cm³/mol. The molecule has 1 amide bonds. The molecule has 0 saturated carbocycles. The zero-order valence-electron chi connectivity index (χ0n) is 16.1. The van der Waals surface area contributed by atoms with Crippen molar-refractivity contribution in [1.29, 1.82) is 0 Å². The molecule has 1 aromatic carbocycles. The highest BCUT2D eigenvalue weighted by atomic mass is 16.5. The number of hydrogen-bond acceptors (Lipinski definition) is 4. The number of fused-ring (bicyclic) bond motifs is 1. The van der Waals surface area contributed by atoms with Crippen LogP contribution in [0.4, 0.5) is 0 Å². The Morgan fingerprint density at radius 1 is 1.21 bits per heavy atom. The first-order valence-electron chi connectivity index (χ1n) is 9.30. The summed E-state index contributed by atoms with van der Waals surface area (Å²) < 4.78 is 10.6. The number of pyridine rings is 1. The topological polar surface area (TPSA) is 67.5 Å². The van der Waals surface area contributed by atoms with Crippen molar-refractivity contribution < 1.29 is 14.3 Å². The van der Waals surface area contributed by atoms with Crippen molar-refractivity contribution in [2.24, 2.45) is 0 Å². The molecule has 0 bridgehead atoms. The Labute approximate surface area is 163 Å². The summed E-state index contributed by atoms with van der Waals surface area (Å²) in [6.45, 7) is 1.32. The van der Waals surface area contributed by atoms with Gasteiger partial charge in [0.25, 0.3) is 0 Å². The molecule has 0 radical (unpaired) electrons. The molecular formula is C22H23N3O3. The second-order valence-electron chi connectivity index (χ2n) is 6.79. The quantitative estimate of drug-likeness (QED) is 0.740. The first kappa shape index (κ1) is 18.1. The maximum atomic E-state index is 12.7. The molecule has 6 heteroatoms. The molecule has 3 heterocycles. The van der Waals surface area contributed by atoms with Crippen LogP contribution in [0.1, 0.15) is 17.5 Å². The summed E-state index contributed by atoms with van der Waals surface area (Å²) in [5, 5.41) is 0. The van der Waals surface area contributed by atoms with E-state index in [0.717, 1.165) is 28.6 Å². The van der Waals surface area contributed by atoms with Gasteiger partial charge in [-0.25, -0.2) is 0 Å². The molecule has 0 spiro atoms. The first-order chi connectivity index (χ1) is 13.7. The van der Waals surface area contributed by atoms with Gasteiger partial charge < -0.3 is 19.4 Å². The molecule has 1 aliphatic heterocycles. The van der Waals surface area contributed by atoms with Crippen LogP contribution in [-0.2, 0) is 11.2 Å². The van der Waals surface area contributed by atoms with E-state index in [9.17, 15) is 4.79 Å². The number of carbonyl (C=O) groups excluding carboxylic acids is 1. The molecule has 6 nitrogen and oxygen atoms in total. The van der Waals surface area contributed by atoms with Gasteiger partial charge in [0.15, 0.2) is 11.5 Å². The van der Waals surface area contributed by atoms with E-state index in [-0.39, 0.29) is 5.91 Å². The van der Waals surface area contributed by atoms with Crippen molar-refractivity contribution in [2.45, 2.75) is 12.8 Å². The van der Waals surface area contributed by atoms with Gasteiger partial charge in [-0.1, -0.05) is 12.1 Å². The Hall–Kier alpha value is -3.28. The number of methoxy groups -OCH3 is 2. The molecule has 28 heavy (non-hydrogen) atoms. The van der Waals surface area contributed by atoms with Crippen LogP contribution in [0, 0.1) is 0 Å². The number of hydrogen-bond donors (Lipinski definition) is 1. The molecule has 0 saturated heterocycles. The first-order valence-corrected chi connectivity index (χ1v) is 9.30. The van der Waals surface area contributed by atoms with E-state index < -0.39 is 0 Å². The van der Waals surface area contributed by atoms with E-state index in [0.29, 0.717) is 31.0 Å². The van der Waals surface area contributed by atoms with E-state index in [2.05, 4.69) is 16.0 Å². The van der Waals surface area contributed by atoms with Gasteiger partial charge in [-0.3, -0.25) is 9.78 Å². The summed E-state index contributed by atoms with van der Waals surface area (Å²) in [6.07, 6.45) is 7.11. The predicted octanol–water partition coefficient (Wildman–Crippen LogP) is 3.44. The number of rotatable bonds is 5. The number of aromatic nitrogens is 2. The third kappa shape index (κ3) is 3.45. The largest absolute Gasteiger partial charge is 0.493 e. The zero-order valence-corrected chi connectivity index (χ0v) is 16.1. The van der Waals surface area contributed by atoms with Crippen LogP contribution >= 0.6 is 0 Å². The summed E-state index contributed by atoms with van der Waals surface area (Å²) in [4.78, 5) is 22.4. The molecule has 0 unspecified atom stereocenters. The Bertz CT molecular complexity index is 1040. The highest BCUT2D eigenvalue weighted by Gasteiger charge is 2.20. The smallest absolute Gasteiger partial charge is 0.227 e. The maximum Gasteiger partial charge on any atom is 0.227 e. The van der Waals surface area contributed by atoms with Gasteiger partial charge in [-0.15, -0.1) is 0 Å². The summed E-state index contributed by atoms with van der Waals surface area (Å²) in [6, 6.07) is 9.54. The SMILES string of the molecule is COc1ccc(CC(=O)N2CC=C(c3c[nH]c4cccnc34)CC2)cc1OC. The summed E-state index contributed by atoms with van der Waals surface area (Å²) in [5.74, 6) is 1.41. The van der Waals surface area contributed by atoms with Crippen molar-refractivity contribution in [3.05, 3.63) is 59.9 Å². The van der Waals surface area contributed by atoms with Crippen LogP contribution in [0.15, 0.2) is 48.8 Å². The number of H-pyrrole nitrogens is 1. The fraction of sp³-hybridized carbons (Fsp3) is 0.273. The van der Waals surface area contributed by atoms with Crippen molar-refractivity contribution >= 4 is 22.5 Å². The lowest BCUT2D eigenvalue weighted by Gasteiger charge is -2.26. The summed E-state index contributed by atoms with van der Waals surface area (Å²) in [5.41, 5.74) is 5.30. The molecule has 1 aliphatic rings. The van der Waals surface area contributed by atoms with Crippen LogP contribution < -0.4 is 9.47 Å². The Morgan fingerprint density at radius 3 is 2.82 bits per heavy atom. The van der Waals surface area contributed by atoms with Gasteiger partial charge >= 0.3 is 0 Å². The van der Waals surface area contributed by atoms with Crippen LogP contribution in [0.5, 0.6) is 11.5 Å². The lowest BCUT2D eigenvalue weighted by Crippen LogP contribution is -2.35. The zero-order chi connectivity index (χ0) is 19.5. The highest BCUT2D eigenvalue weighted by molar-refractivity contribution is 5.90. The monoisotopic (exact) mass is 377 g/mol. The Balaban J connectivity index is 1.45. The number of benzene rings is 1. The molecule has 0 atom stereocenters. The van der Waals surface area contributed by atoms with Crippen molar-refractivity contribution in [2.75, 3.05) is 27.3 Å². The average molecular weight is 377 g/mol. The third-order valence-electron chi connectivity index (χ3n) is 5.15. The standard InChI is InChI=1S/C22H23N3O3/c1-27-19-6-5-15(12-20(19)28-2)13-21(26)25-10-7-16(8-11-25)17-14-24-18-4-3-9-23-22(17)18/h3-7,9,12,14,24H,8,10-11,13H2,1-2H3. The van der Waals surface area contributed by atoms with Gasteiger partial charge in [0, 0.05) is 31.0 Å². The highest BCUT2D eigenvalue weighted by Crippen LogP contribution is 2.29. The molecule has 0 fully saturated rings. The molecular weight excluding hydrogens is 354 g/mol. The second-order valence-corrected chi connectivity index (χ2v) is 6.79. The molecule has 1 N–H and O–H groups in total. The molecule has 3 aromatic rings. The minimum absolute atomic E-state index is 0.111. The average Bonchev–Trinajstić information content (AvgIpc) is 3.18. The molecule has 4 rings (SSSR count). The lowest BCUT2D eigenvalue weighted by molar-refractivity contribution is -0.130. The Morgan fingerprint density at radius 2 is 2.07 bits per heavy atom. The van der Waals surface area contributed by atoms with Crippen LogP contribution in [0.25, 0.3) is 16.6 Å². The normalized spacial score (nSPS) is 14.1. The van der Waals surface area contributed by atoms with Crippen LogP contribution in [0.2, 0.25) is 0 Å². The number of amides is 1. The molecule has 2 aromatic heterocycles. The van der Waals surface area contributed by atoms with Gasteiger partial charge in [0.1, 0.15) is 0 Å². The van der Waals surface area contributed by atoms with Crippen molar-refractivity contribution in [3.63, 3.8) is 0 Å². The summed E-state index contributed by atoms with van der Waals surface area (Å²) in [7, 11) is 3.20. The fourth-order valence-electron chi connectivity index (χ4n) is 3.62. The van der Waals surface area contributed by atoms with E-state index in [4.69, 9.17) is 9.47 Å². The lowest BCUT2D eigenvalue weighted by atomic mass is 10.0. The third-order valence-corrected chi connectivity index (χ3v) is 5.15. The summed E-state index contributed by atoms with van der Waals surface area (Å²) >= 11 is 0. The second kappa shape index (κ2) is 7.76. The minimum Gasteiger partial charge on any atom is -0.493 e. The minimum atomic E-state index is 0.111. The maximum absolute atomic E-state index is 12.7. The van der Waals surface area contributed by atoms with Gasteiger partial charge in [0.05, 0.1) is 31.7 Å². The van der Waals surface area contributed by atoms with E-state index >= 15 is 0 Å². The number of ether oxygens (including phenoxy) is 2. The van der Waals surface area contributed by atoms with E-state index in [1.54, 1.807) is 14.2 Å². The number of nitrogens with zero attached hydrogens (tertiary/aromatic N) is 2. The van der Waals surface area contributed by atoms with Crippen LogP contribution in [-0.4, -0.2) is 48.1 Å². The number of aromatic amines is 1. The number of nitrogens with one attached hydrogen (secondary N) is 1. The van der Waals surface area contributed by atoms with Gasteiger partial charge in [-0.05, 0) is 41.8 Å². The van der Waals surface area contributed by atoms with Crippen molar-refractivity contribution in [1.82, 2.24) is 14.9 Å². The fourth-order valence-corrected chi connectivity index (χ4v) is 3.62. The number of carbonyl (C=O) groups is 1. The molecule has 0 aliphatic carbocycles. The van der Waals surface area contributed by atoms with E-state index in [1.807, 2.05) is 47.6 Å². The van der Waals surface area contributed by atoms with Crippen LogP contribution in [0.3, 0.4) is 0 Å². The van der Waals surface area contributed by atoms with Gasteiger partial charge in [-0.2, -0.15) is 0 Å². The Kier molecular flexibility index (Phi) is 5.02. The molecule has 144 valence electrons.